The Morgan fingerprint density at radius 2 is 1.94 bits per heavy atom. The van der Waals surface area contributed by atoms with Gasteiger partial charge in [-0.1, -0.05) is 27.7 Å². The van der Waals surface area contributed by atoms with Gasteiger partial charge in [-0.25, -0.2) is 19.3 Å². The SMILES string of the molecule is CC[C@@H](C)c1[nH]c2c(c1C(=O)C(C)C)CCc1cnc(Oc3ncnc4c3CN(C)CC4)c(F)c1-2. The van der Waals surface area contributed by atoms with E-state index in [4.69, 9.17) is 4.74 Å². The van der Waals surface area contributed by atoms with Crippen molar-refractivity contribution in [3.8, 4) is 23.0 Å². The molecule has 4 heterocycles. The minimum Gasteiger partial charge on any atom is -0.417 e. The molecule has 0 amide bonds. The van der Waals surface area contributed by atoms with Gasteiger partial charge in [-0.15, -0.1) is 0 Å². The number of carbonyl (C=O) groups is 1. The third kappa shape index (κ3) is 4.03. The smallest absolute Gasteiger partial charge is 0.258 e. The van der Waals surface area contributed by atoms with Crippen LogP contribution in [0.25, 0.3) is 11.3 Å². The van der Waals surface area contributed by atoms with Crippen LogP contribution in [0.4, 0.5) is 4.39 Å². The first kappa shape index (κ1) is 23.6. The van der Waals surface area contributed by atoms with Gasteiger partial charge in [0.15, 0.2) is 11.6 Å². The first-order valence-corrected chi connectivity index (χ1v) is 12.5. The van der Waals surface area contributed by atoms with E-state index >= 15 is 4.39 Å². The van der Waals surface area contributed by atoms with Crippen LogP contribution in [0, 0.1) is 11.7 Å². The van der Waals surface area contributed by atoms with Crippen LogP contribution in [-0.2, 0) is 25.8 Å². The summed E-state index contributed by atoms with van der Waals surface area (Å²) < 4.78 is 22.0. The number of nitrogens with zero attached hydrogens (tertiary/aromatic N) is 4. The molecule has 0 aromatic carbocycles. The minimum atomic E-state index is -0.527. The first-order chi connectivity index (χ1) is 16.8. The quantitative estimate of drug-likeness (QED) is 0.489. The summed E-state index contributed by atoms with van der Waals surface area (Å²) in [5, 5.41) is 0. The second-order valence-corrected chi connectivity index (χ2v) is 10.1. The van der Waals surface area contributed by atoms with E-state index in [-0.39, 0.29) is 23.5 Å². The molecule has 0 saturated heterocycles. The molecule has 0 spiro atoms. The Morgan fingerprint density at radius 3 is 2.69 bits per heavy atom. The predicted molar refractivity (Wildman–Crippen MR) is 131 cm³/mol. The Morgan fingerprint density at radius 1 is 1.14 bits per heavy atom. The van der Waals surface area contributed by atoms with Crippen molar-refractivity contribution in [2.75, 3.05) is 13.6 Å². The Labute approximate surface area is 205 Å². The Hall–Kier alpha value is -3.13. The summed E-state index contributed by atoms with van der Waals surface area (Å²) in [5.74, 6) is -0.174. The van der Waals surface area contributed by atoms with Crippen molar-refractivity contribution in [1.82, 2.24) is 24.8 Å². The van der Waals surface area contributed by atoms with E-state index in [9.17, 15) is 4.79 Å². The summed E-state index contributed by atoms with van der Waals surface area (Å²) in [7, 11) is 2.02. The van der Waals surface area contributed by atoms with E-state index in [1.165, 1.54) is 6.33 Å². The van der Waals surface area contributed by atoms with E-state index in [1.54, 1.807) is 6.20 Å². The fraction of sp³-hybridized carbons (Fsp3) is 0.481. The van der Waals surface area contributed by atoms with Crippen LogP contribution in [0.5, 0.6) is 11.8 Å². The van der Waals surface area contributed by atoms with Crippen molar-refractivity contribution in [2.24, 2.45) is 5.92 Å². The molecule has 8 heteroatoms. The zero-order valence-corrected chi connectivity index (χ0v) is 21.0. The van der Waals surface area contributed by atoms with Gasteiger partial charge in [0.25, 0.3) is 5.88 Å². The van der Waals surface area contributed by atoms with Gasteiger partial charge in [-0.3, -0.25) is 4.79 Å². The fourth-order valence-electron chi connectivity index (χ4n) is 5.09. The molecule has 3 aromatic rings. The summed E-state index contributed by atoms with van der Waals surface area (Å²) in [5.41, 5.74) is 6.27. The summed E-state index contributed by atoms with van der Waals surface area (Å²) in [6.07, 6.45) is 6.12. The van der Waals surface area contributed by atoms with Gasteiger partial charge in [-0.2, -0.15) is 0 Å². The van der Waals surface area contributed by atoms with Gasteiger partial charge >= 0.3 is 0 Å². The average Bonchev–Trinajstić information content (AvgIpc) is 3.24. The maximum Gasteiger partial charge on any atom is 0.258 e. The lowest BCUT2D eigenvalue weighted by molar-refractivity contribution is 0.0937. The highest BCUT2D eigenvalue weighted by Gasteiger charge is 2.33. The predicted octanol–water partition coefficient (Wildman–Crippen LogP) is 5.24. The van der Waals surface area contributed by atoms with Crippen LogP contribution < -0.4 is 4.74 Å². The summed E-state index contributed by atoms with van der Waals surface area (Å²) in [6, 6.07) is 0. The summed E-state index contributed by atoms with van der Waals surface area (Å²) in [6.45, 7) is 9.56. The lowest BCUT2D eigenvalue weighted by Gasteiger charge is -2.25. The molecule has 5 rings (SSSR count). The largest absolute Gasteiger partial charge is 0.417 e. The zero-order chi connectivity index (χ0) is 24.9. The van der Waals surface area contributed by atoms with Crippen LogP contribution in [-0.4, -0.2) is 44.2 Å². The number of aromatic nitrogens is 4. The lowest BCUT2D eigenvalue weighted by atomic mass is 9.85. The molecule has 1 N–H and O–H groups in total. The molecule has 3 aromatic heterocycles. The molecule has 35 heavy (non-hydrogen) atoms. The number of fused-ring (bicyclic) bond motifs is 4. The van der Waals surface area contributed by atoms with E-state index in [1.807, 2.05) is 20.9 Å². The van der Waals surface area contributed by atoms with Crippen LogP contribution in [0.2, 0.25) is 0 Å². The van der Waals surface area contributed by atoms with Gasteiger partial charge in [0.1, 0.15) is 6.33 Å². The maximum atomic E-state index is 16.1. The molecule has 1 aliphatic heterocycles. The fourth-order valence-corrected chi connectivity index (χ4v) is 5.09. The van der Waals surface area contributed by atoms with Crippen molar-refractivity contribution < 1.29 is 13.9 Å². The van der Waals surface area contributed by atoms with Gasteiger partial charge in [0.05, 0.1) is 17.0 Å². The highest BCUT2D eigenvalue weighted by Crippen LogP contribution is 2.43. The first-order valence-electron chi connectivity index (χ1n) is 12.5. The van der Waals surface area contributed by atoms with E-state index in [0.29, 0.717) is 36.5 Å². The number of nitrogens with one attached hydrogen (secondary N) is 1. The van der Waals surface area contributed by atoms with E-state index in [2.05, 4.69) is 38.7 Å². The van der Waals surface area contributed by atoms with Gasteiger partial charge in [0, 0.05) is 48.4 Å². The Balaban J connectivity index is 1.61. The second-order valence-electron chi connectivity index (χ2n) is 10.1. The molecule has 0 saturated carbocycles. The Kier molecular flexibility index (Phi) is 6.17. The number of hydrogen-bond acceptors (Lipinski definition) is 6. The number of Topliss-reactive ketones (excluding diaryl/α,β-unsaturated/α-hetero) is 1. The number of rotatable bonds is 6. The van der Waals surface area contributed by atoms with Crippen LogP contribution >= 0.6 is 0 Å². The molecular formula is C27H32FN5O2. The van der Waals surface area contributed by atoms with Gasteiger partial charge in [-0.05, 0) is 43.4 Å². The summed E-state index contributed by atoms with van der Waals surface area (Å²) >= 11 is 0. The third-order valence-corrected chi connectivity index (χ3v) is 7.32. The van der Waals surface area contributed by atoms with Crippen molar-refractivity contribution in [1.29, 1.82) is 0 Å². The molecule has 7 nitrogen and oxygen atoms in total. The number of halogens is 1. The highest BCUT2D eigenvalue weighted by molar-refractivity contribution is 6.02. The number of ketones is 1. The van der Waals surface area contributed by atoms with Crippen LogP contribution in [0.1, 0.15) is 78.5 Å². The van der Waals surface area contributed by atoms with Crippen molar-refractivity contribution in [3.05, 3.63) is 52.0 Å². The molecule has 0 unspecified atom stereocenters. The number of H-pyrrole nitrogens is 1. The van der Waals surface area contributed by atoms with E-state index in [0.717, 1.165) is 53.0 Å². The van der Waals surface area contributed by atoms with Crippen LogP contribution in [0.15, 0.2) is 12.5 Å². The molecule has 0 radical (unpaired) electrons. The number of ether oxygens (including phenoxy) is 1. The topological polar surface area (TPSA) is 84.0 Å². The third-order valence-electron chi connectivity index (χ3n) is 7.32. The number of aromatic amines is 1. The molecule has 1 aliphatic carbocycles. The molecule has 0 bridgehead atoms. The maximum absolute atomic E-state index is 16.1. The minimum absolute atomic E-state index is 0.101. The van der Waals surface area contributed by atoms with Gasteiger partial charge < -0.3 is 14.6 Å². The van der Waals surface area contributed by atoms with Gasteiger partial charge in [0.2, 0.25) is 5.88 Å². The van der Waals surface area contributed by atoms with Crippen LogP contribution in [0.3, 0.4) is 0 Å². The van der Waals surface area contributed by atoms with Crippen molar-refractivity contribution in [3.63, 3.8) is 0 Å². The zero-order valence-electron chi connectivity index (χ0n) is 21.0. The molecule has 2 aliphatic rings. The number of pyridine rings is 1. The molecule has 1 atom stereocenters. The van der Waals surface area contributed by atoms with Crippen molar-refractivity contribution in [2.45, 2.75) is 65.8 Å². The Bertz CT molecular complexity index is 1300. The second kappa shape index (κ2) is 9.15. The number of hydrogen-bond donors (Lipinski definition) is 1. The number of aryl methyl sites for hydroxylation is 1. The summed E-state index contributed by atoms with van der Waals surface area (Å²) in [4.78, 5) is 31.8. The number of carbonyl (C=O) groups excluding carboxylic acids is 1. The van der Waals surface area contributed by atoms with E-state index < -0.39 is 5.82 Å². The number of likely N-dealkylation sites (N-methyl/N-ethyl adjacent to an activating group) is 1. The molecule has 0 fully saturated rings. The lowest BCUT2D eigenvalue weighted by Crippen LogP contribution is -2.28. The highest BCUT2D eigenvalue weighted by atomic mass is 19.1. The molecule has 184 valence electrons. The standard InChI is InChI=1S/C27H32FN5O2/c1-6-15(4)23-21(25(34)14(2)3)17-8-7-16-11-29-27(22(28)20(16)24(17)32-23)35-26-18-12-33(5)10-9-19(18)30-13-31-26/h11,13-15,32H,6-10,12H2,1-5H3/t15-/m1/s1. The monoisotopic (exact) mass is 477 g/mol. The molecular weight excluding hydrogens is 445 g/mol. The normalized spacial score (nSPS) is 16.0. The van der Waals surface area contributed by atoms with Crippen molar-refractivity contribution >= 4 is 5.78 Å². The average molecular weight is 478 g/mol.